The summed E-state index contributed by atoms with van der Waals surface area (Å²) in [6.45, 7) is 2.19. The summed E-state index contributed by atoms with van der Waals surface area (Å²) in [6.07, 6.45) is 6.70. The van der Waals surface area contributed by atoms with Crippen LogP contribution in [0.5, 0.6) is 0 Å². The number of nitrogens with zero attached hydrogens (tertiary/aromatic N) is 1. The molecule has 1 aliphatic carbocycles. The number of benzene rings is 1. The van der Waals surface area contributed by atoms with Crippen LogP contribution in [0.2, 0.25) is 0 Å². The highest BCUT2D eigenvalue weighted by Gasteiger charge is 2.24. The van der Waals surface area contributed by atoms with Gasteiger partial charge in [0.1, 0.15) is 11.5 Å². The van der Waals surface area contributed by atoms with E-state index >= 15 is 0 Å². The molecule has 1 aliphatic rings. The summed E-state index contributed by atoms with van der Waals surface area (Å²) in [5, 5.41) is 14.2. The molecule has 0 atom stereocenters. The van der Waals surface area contributed by atoms with E-state index in [-0.39, 0.29) is 21.9 Å². The molecular weight excluding hydrogens is 339 g/mol. The maximum atomic E-state index is 13.6. The summed E-state index contributed by atoms with van der Waals surface area (Å²) < 4.78 is 13.7. The third kappa shape index (κ3) is 4.15. The van der Waals surface area contributed by atoms with Gasteiger partial charge in [-0.1, -0.05) is 19.8 Å². The number of rotatable bonds is 5. The molecule has 0 spiro atoms. The number of halogens is 2. The van der Waals surface area contributed by atoms with Crippen molar-refractivity contribution in [3.63, 3.8) is 0 Å². The van der Waals surface area contributed by atoms with Gasteiger partial charge in [-0.25, -0.2) is 4.39 Å². The minimum absolute atomic E-state index is 0.0843. The highest BCUT2D eigenvalue weighted by Crippen LogP contribution is 2.34. The quantitative estimate of drug-likeness (QED) is 0.576. The molecule has 0 aromatic heterocycles. The van der Waals surface area contributed by atoms with Crippen LogP contribution in [0.3, 0.4) is 0 Å². The van der Waals surface area contributed by atoms with Crippen LogP contribution in [-0.2, 0) is 0 Å². The largest absolute Gasteiger partial charge is 0.377 e. The third-order valence-electron chi connectivity index (χ3n) is 4.14. The molecular formula is C15H20BrFN2O2. The SMILES string of the molecule is CCCC1CCC(Nc2cc(F)c(Br)cc2[N+](=O)[O-])CC1. The summed E-state index contributed by atoms with van der Waals surface area (Å²) in [5.41, 5.74) is 0.193. The summed E-state index contributed by atoms with van der Waals surface area (Å²) in [7, 11) is 0. The number of anilines is 1. The molecule has 0 saturated heterocycles. The van der Waals surface area contributed by atoms with Gasteiger partial charge < -0.3 is 5.32 Å². The van der Waals surface area contributed by atoms with Crippen LogP contribution in [-0.4, -0.2) is 11.0 Å². The second-order valence-corrected chi connectivity index (χ2v) is 6.55. The fourth-order valence-electron chi connectivity index (χ4n) is 3.03. The van der Waals surface area contributed by atoms with Crippen molar-refractivity contribution in [3.8, 4) is 0 Å². The van der Waals surface area contributed by atoms with Crippen molar-refractivity contribution in [2.45, 2.75) is 51.5 Å². The molecule has 116 valence electrons. The second-order valence-electron chi connectivity index (χ2n) is 5.69. The van der Waals surface area contributed by atoms with Gasteiger partial charge in [0.2, 0.25) is 0 Å². The number of hydrogen-bond donors (Lipinski definition) is 1. The van der Waals surface area contributed by atoms with E-state index < -0.39 is 10.7 Å². The van der Waals surface area contributed by atoms with E-state index in [2.05, 4.69) is 28.2 Å². The highest BCUT2D eigenvalue weighted by molar-refractivity contribution is 9.10. The van der Waals surface area contributed by atoms with Gasteiger partial charge in [0.15, 0.2) is 0 Å². The Bertz CT molecular complexity index is 517. The molecule has 1 aromatic carbocycles. The molecule has 0 unspecified atom stereocenters. The Labute approximate surface area is 132 Å². The topological polar surface area (TPSA) is 55.2 Å². The maximum absolute atomic E-state index is 13.6. The summed E-state index contributed by atoms with van der Waals surface area (Å²) in [4.78, 5) is 10.6. The van der Waals surface area contributed by atoms with E-state index in [4.69, 9.17) is 0 Å². The molecule has 0 bridgehead atoms. The minimum Gasteiger partial charge on any atom is -0.377 e. The Hall–Kier alpha value is -1.17. The molecule has 4 nitrogen and oxygen atoms in total. The lowest BCUT2D eigenvalue weighted by atomic mass is 9.83. The molecule has 6 heteroatoms. The van der Waals surface area contributed by atoms with Crippen LogP contribution in [0.15, 0.2) is 16.6 Å². The number of hydrogen-bond acceptors (Lipinski definition) is 3. The molecule has 1 N–H and O–H groups in total. The van der Waals surface area contributed by atoms with E-state index in [0.717, 1.165) is 31.6 Å². The van der Waals surface area contributed by atoms with Crippen molar-refractivity contribution in [2.75, 3.05) is 5.32 Å². The molecule has 21 heavy (non-hydrogen) atoms. The average molecular weight is 359 g/mol. The van der Waals surface area contributed by atoms with Gasteiger partial charge in [0.25, 0.3) is 5.69 Å². The molecule has 0 amide bonds. The normalized spacial score (nSPS) is 22.0. The predicted octanol–water partition coefficient (Wildman–Crippen LogP) is 5.27. The standard InChI is InChI=1S/C15H20BrFN2O2/c1-2-3-10-4-6-11(7-5-10)18-14-9-13(17)12(16)8-15(14)19(20)21/h8-11,18H,2-7H2,1H3. The average Bonchev–Trinajstić information content (AvgIpc) is 2.44. The number of nitro benzene ring substituents is 1. The lowest BCUT2D eigenvalue weighted by Crippen LogP contribution is -2.26. The zero-order valence-corrected chi connectivity index (χ0v) is 13.7. The lowest BCUT2D eigenvalue weighted by molar-refractivity contribution is -0.384. The van der Waals surface area contributed by atoms with Crippen molar-refractivity contribution in [1.29, 1.82) is 0 Å². The van der Waals surface area contributed by atoms with E-state index in [0.29, 0.717) is 0 Å². The molecule has 2 rings (SSSR count). The van der Waals surface area contributed by atoms with E-state index in [1.54, 1.807) is 0 Å². The Morgan fingerprint density at radius 1 is 1.38 bits per heavy atom. The van der Waals surface area contributed by atoms with Crippen molar-refractivity contribution >= 4 is 27.3 Å². The zero-order valence-electron chi connectivity index (χ0n) is 12.1. The van der Waals surface area contributed by atoms with Crippen molar-refractivity contribution in [3.05, 3.63) is 32.5 Å². The maximum Gasteiger partial charge on any atom is 0.293 e. The van der Waals surface area contributed by atoms with Gasteiger partial charge in [-0.3, -0.25) is 10.1 Å². The minimum atomic E-state index is -0.484. The van der Waals surface area contributed by atoms with Gasteiger partial charge in [0, 0.05) is 18.2 Å². The Kier molecular flexibility index (Phi) is 5.56. The first kappa shape index (κ1) is 16.2. The molecule has 0 aliphatic heterocycles. The van der Waals surface area contributed by atoms with Crippen LogP contribution >= 0.6 is 15.9 Å². The van der Waals surface area contributed by atoms with Gasteiger partial charge in [-0.15, -0.1) is 0 Å². The fourth-order valence-corrected chi connectivity index (χ4v) is 3.36. The summed E-state index contributed by atoms with van der Waals surface area (Å²) in [5.74, 6) is 0.285. The van der Waals surface area contributed by atoms with Crippen molar-refractivity contribution in [2.24, 2.45) is 5.92 Å². The van der Waals surface area contributed by atoms with E-state index in [1.165, 1.54) is 25.0 Å². The van der Waals surface area contributed by atoms with E-state index in [1.807, 2.05) is 0 Å². The fraction of sp³-hybridized carbons (Fsp3) is 0.600. The van der Waals surface area contributed by atoms with Crippen molar-refractivity contribution < 1.29 is 9.31 Å². The molecule has 1 saturated carbocycles. The summed E-state index contributed by atoms with van der Waals surface area (Å²) >= 11 is 2.99. The van der Waals surface area contributed by atoms with Crippen LogP contribution in [0.25, 0.3) is 0 Å². The molecule has 0 heterocycles. The number of nitro groups is 1. The highest BCUT2D eigenvalue weighted by atomic mass is 79.9. The molecule has 0 radical (unpaired) electrons. The molecule has 1 aromatic rings. The van der Waals surface area contributed by atoms with E-state index in [9.17, 15) is 14.5 Å². The monoisotopic (exact) mass is 358 g/mol. The van der Waals surface area contributed by atoms with Crippen molar-refractivity contribution in [1.82, 2.24) is 0 Å². The smallest absolute Gasteiger partial charge is 0.293 e. The Morgan fingerprint density at radius 3 is 2.62 bits per heavy atom. The van der Waals surface area contributed by atoms with Gasteiger partial charge in [-0.05, 0) is 47.5 Å². The van der Waals surface area contributed by atoms with Crippen LogP contribution < -0.4 is 5.32 Å². The molecule has 1 fully saturated rings. The zero-order chi connectivity index (χ0) is 15.4. The second kappa shape index (κ2) is 7.20. The Balaban J connectivity index is 2.06. The van der Waals surface area contributed by atoms with Crippen LogP contribution in [0.1, 0.15) is 45.4 Å². The Morgan fingerprint density at radius 2 is 2.05 bits per heavy atom. The number of nitrogens with one attached hydrogen (secondary N) is 1. The first-order valence-corrected chi connectivity index (χ1v) is 8.20. The van der Waals surface area contributed by atoms with Gasteiger partial charge >= 0.3 is 0 Å². The summed E-state index contributed by atoms with van der Waals surface area (Å²) in [6, 6.07) is 2.62. The first-order valence-electron chi connectivity index (χ1n) is 7.41. The van der Waals surface area contributed by atoms with Gasteiger partial charge in [0.05, 0.1) is 9.40 Å². The first-order chi connectivity index (χ1) is 10.0. The predicted molar refractivity (Wildman–Crippen MR) is 85.0 cm³/mol. The lowest BCUT2D eigenvalue weighted by Gasteiger charge is -2.29. The van der Waals surface area contributed by atoms with Gasteiger partial charge in [-0.2, -0.15) is 0 Å². The van der Waals surface area contributed by atoms with Crippen LogP contribution in [0.4, 0.5) is 15.8 Å². The van der Waals surface area contributed by atoms with Crippen LogP contribution in [0, 0.1) is 21.8 Å². The third-order valence-corrected chi connectivity index (χ3v) is 4.75.